The first-order valence-electron chi connectivity index (χ1n) is 5.68. The van der Waals surface area contributed by atoms with E-state index in [1.807, 2.05) is 11.8 Å². The Morgan fingerprint density at radius 2 is 1.92 bits per heavy atom. The van der Waals surface area contributed by atoms with E-state index in [0.29, 0.717) is 6.04 Å². The Morgan fingerprint density at radius 3 is 2.54 bits per heavy atom. The van der Waals surface area contributed by atoms with Gasteiger partial charge in [0, 0.05) is 11.8 Å². The predicted molar refractivity (Wildman–Crippen MR) is 62.2 cm³/mol. The molecule has 0 amide bonds. The van der Waals surface area contributed by atoms with Crippen LogP contribution in [0.4, 0.5) is 0 Å². The highest BCUT2D eigenvalue weighted by Gasteiger charge is 2.23. The van der Waals surface area contributed by atoms with E-state index in [1.54, 1.807) is 0 Å². The fraction of sp³-hybridized carbons (Fsp3) is 1.00. The molecule has 1 nitrogen and oxygen atoms in total. The van der Waals surface area contributed by atoms with Crippen molar-refractivity contribution in [2.45, 2.75) is 51.5 Å². The predicted octanol–water partition coefficient (Wildman–Crippen LogP) is 3.04. The Hall–Kier alpha value is 0.310. The first kappa shape index (κ1) is 11.4. The molecule has 1 aliphatic heterocycles. The average Bonchev–Trinajstić information content (AvgIpc) is 2.52. The van der Waals surface area contributed by atoms with Gasteiger partial charge in [0.1, 0.15) is 0 Å². The van der Waals surface area contributed by atoms with Crippen LogP contribution in [0.2, 0.25) is 0 Å². The smallest absolute Gasteiger partial charge is 0.0166 e. The molecule has 0 aromatic carbocycles. The van der Waals surface area contributed by atoms with Gasteiger partial charge in [-0.1, -0.05) is 39.0 Å². The summed E-state index contributed by atoms with van der Waals surface area (Å²) in [5.74, 6) is 3.33. The molecular formula is C11H23NS. The molecule has 13 heavy (non-hydrogen) atoms. The maximum Gasteiger partial charge on any atom is 0.0166 e. The minimum atomic E-state index is 0.496. The van der Waals surface area contributed by atoms with Gasteiger partial charge in [0.15, 0.2) is 0 Å². The number of nitrogens with two attached hydrogens (primary N) is 1. The summed E-state index contributed by atoms with van der Waals surface area (Å²) < 4.78 is 0. The van der Waals surface area contributed by atoms with Crippen molar-refractivity contribution in [3.8, 4) is 0 Å². The van der Waals surface area contributed by atoms with Crippen molar-refractivity contribution in [1.82, 2.24) is 0 Å². The molecule has 1 fully saturated rings. The number of thioether (sulfide) groups is 1. The van der Waals surface area contributed by atoms with E-state index < -0.39 is 0 Å². The summed E-state index contributed by atoms with van der Waals surface area (Å²) >= 11 is 2.03. The van der Waals surface area contributed by atoms with Crippen LogP contribution in [0, 0.1) is 5.92 Å². The summed E-state index contributed by atoms with van der Waals surface area (Å²) in [6, 6.07) is 0.496. The average molecular weight is 201 g/mol. The van der Waals surface area contributed by atoms with Crippen molar-refractivity contribution in [2.24, 2.45) is 11.7 Å². The van der Waals surface area contributed by atoms with E-state index in [9.17, 15) is 0 Å². The zero-order valence-electron chi connectivity index (χ0n) is 8.80. The Bertz CT molecular complexity index is 127. The quantitative estimate of drug-likeness (QED) is 0.668. The Balaban J connectivity index is 1.93. The summed E-state index contributed by atoms with van der Waals surface area (Å²) in [6.45, 7) is 2.27. The summed E-state index contributed by atoms with van der Waals surface area (Å²) in [6.07, 6.45) is 8.37. The van der Waals surface area contributed by atoms with Crippen LogP contribution in [0.5, 0.6) is 0 Å². The van der Waals surface area contributed by atoms with Crippen LogP contribution in [0.25, 0.3) is 0 Å². The second-order valence-corrected chi connectivity index (χ2v) is 5.24. The topological polar surface area (TPSA) is 26.0 Å². The maximum absolute atomic E-state index is 6.00. The molecule has 2 heteroatoms. The largest absolute Gasteiger partial charge is 0.327 e. The fourth-order valence-electron chi connectivity index (χ4n) is 1.92. The van der Waals surface area contributed by atoms with Gasteiger partial charge in [-0.15, -0.1) is 0 Å². The summed E-state index contributed by atoms with van der Waals surface area (Å²) in [7, 11) is 0. The van der Waals surface area contributed by atoms with Crippen molar-refractivity contribution in [3.63, 3.8) is 0 Å². The lowest BCUT2D eigenvalue weighted by molar-refractivity contribution is 0.449. The minimum Gasteiger partial charge on any atom is -0.327 e. The molecule has 0 aromatic heterocycles. The standard InChI is InChI=1S/C11H23NS/c1-2-3-4-5-6-7-10-8-13-9-11(10)12/h10-11H,2-9,12H2,1H3. The van der Waals surface area contributed by atoms with E-state index in [1.165, 1.54) is 50.0 Å². The lowest BCUT2D eigenvalue weighted by Crippen LogP contribution is -2.28. The molecule has 1 aliphatic rings. The van der Waals surface area contributed by atoms with Gasteiger partial charge in [-0.3, -0.25) is 0 Å². The molecule has 2 atom stereocenters. The molecule has 0 aromatic rings. The second-order valence-electron chi connectivity index (χ2n) is 4.16. The number of rotatable bonds is 6. The third-order valence-electron chi connectivity index (χ3n) is 2.93. The van der Waals surface area contributed by atoms with Crippen LogP contribution in [-0.2, 0) is 0 Å². The van der Waals surface area contributed by atoms with Crippen LogP contribution in [0.15, 0.2) is 0 Å². The molecule has 0 saturated carbocycles. The molecule has 1 saturated heterocycles. The molecule has 2 N–H and O–H groups in total. The molecule has 0 aliphatic carbocycles. The molecule has 1 rings (SSSR count). The molecule has 0 bridgehead atoms. The van der Waals surface area contributed by atoms with Crippen LogP contribution >= 0.6 is 11.8 Å². The number of hydrogen-bond donors (Lipinski definition) is 1. The van der Waals surface area contributed by atoms with Crippen molar-refractivity contribution >= 4 is 11.8 Å². The normalized spacial score (nSPS) is 28.2. The van der Waals surface area contributed by atoms with Crippen molar-refractivity contribution in [3.05, 3.63) is 0 Å². The highest BCUT2D eigenvalue weighted by Crippen LogP contribution is 2.27. The molecule has 0 radical (unpaired) electrons. The molecule has 78 valence electrons. The lowest BCUT2D eigenvalue weighted by atomic mass is 9.97. The van der Waals surface area contributed by atoms with Crippen LogP contribution in [-0.4, -0.2) is 17.5 Å². The minimum absolute atomic E-state index is 0.496. The Labute approximate surface area is 86.8 Å². The Kier molecular flexibility index (Phi) is 5.88. The van der Waals surface area contributed by atoms with Crippen molar-refractivity contribution < 1.29 is 0 Å². The third kappa shape index (κ3) is 4.37. The fourth-order valence-corrected chi connectivity index (χ4v) is 3.32. The highest BCUT2D eigenvalue weighted by atomic mass is 32.2. The van der Waals surface area contributed by atoms with E-state index in [4.69, 9.17) is 5.73 Å². The van der Waals surface area contributed by atoms with Gasteiger partial charge in [0.2, 0.25) is 0 Å². The molecule has 1 heterocycles. The third-order valence-corrected chi connectivity index (χ3v) is 4.21. The summed E-state index contributed by atoms with van der Waals surface area (Å²) in [5.41, 5.74) is 6.00. The number of unbranched alkanes of at least 4 members (excludes halogenated alkanes) is 4. The molecule has 2 unspecified atom stereocenters. The SMILES string of the molecule is CCCCCCCC1CSCC1N. The van der Waals surface area contributed by atoms with Crippen LogP contribution in [0.1, 0.15) is 45.4 Å². The van der Waals surface area contributed by atoms with Gasteiger partial charge >= 0.3 is 0 Å². The lowest BCUT2D eigenvalue weighted by Gasteiger charge is -2.13. The van der Waals surface area contributed by atoms with Crippen LogP contribution < -0.4 is 5.73 Å². The van der Waals surface area contributed by atoms with E-state index >= 15 is 0 Å². The Morgan fingerprint density at radius 1 is 1.15 bits per heavy atom. The summed E-state index contributed by atoms with van der Waals surface area (Å²) in [5, 5.41) is 0. The van der Waals surface area contributed by atoms with Gasteiger partial charge in [0.05, 0.1) is 0 Å². The monoisotopic (exact) mass is 201 g/mol. The van der Waals surface area contributed by atoms with Gasteiger partial charge in [-0.25, -0.2) is 0 Å². The van der Waals surface area contributed by atoms with Crippen LogP contribution in [0.3, 0.4) is 0 Å². The van der Waals surface area contributed by atoms with E-state index in [0.717, 1.165) is 5.92 Å². The first-order valence-corrected chi connectivity index (χ1v) is 6.83. The molecule has 0 spiro atoms. The van der Waals surface area contributed by atoms with Gasteiger partial charge in [0.25, 0.3) is 0 Å². The summed E-state index contributed by atoms with van der Waals surface area (Å²) in [4.78, 5) is 0. The second kappa shape index (κ2) is 6.72. The first-order chi connectivity index (χ1) is 6.34. The highest BCUT2D eigenvalue weighted by molar-refractivity contribution is 7.99. The van der Waals surface area contributed by atoms with E-state index in [2.05, 4.69) is 6.92 Å². The zero-order chi connectivity index (χ0) is 9.52. The molecular weight excluding hydrogens is 178 g/mol. The van der Waals surface area contributed by atoms with Gasteiger partial charge < -0.3 is 5.73 Å². The zero-order valence-corrected chi connectivity index (χ0v) is 9.61. The van der Waals surface area contributed by atoms with Crippen molar-refractivity contribution in [1.29, 1.82) is 0 Å². The van der Waals surface area contributed by atoms with E-state index in [-0.39, 0.29) is 0 Å². The van der Waals surface area contributed by atoms with Crippen molar-refractivity contribution in [2.75, 3.05) is 11.5 Å². The number of hydrogen-bond acceptors (Lipinski definition) is 2. The van der Waals surface area contributed by atoms with Gasteiger partial charge in [-0.2, -0.15) is 11.8 Å². The maximum atomic E-state index is 6.00. The van der Waals surface area contributed by atoms with Gasteiger partial charge in [-0.05, 0) is 18.1 Å².